The van der Waals surface area contributed by atoms with E-state index in [0.717, 1.165) is 9.79 Å². The van der Waals surface area contributed by atoms with Crippen molar-refractivity contribution in [3.63, 3.8) is 0 Å². The fourth-order valence-electron chi connectivity index (χ4n) is 3.94. The van der Waals surface area contributed by atoms with Crippen molar-refractivity contribution in [3.8, 4) is 0 Å². The number of amides is 2. The van der Waals surface area contributed by atoms with E-state index in [2.05, 4.69) is 20.6 Å². The van der Waals surface area contributed by atoms with Gasteiger partial charge in [-0.1, -0.05) is 45.9 Å². The van der Waals surface area contributed by atoms with Crippen molar-refractivity contribution in [2.45, 2.75) is 35.7 Å². The molecule has 4 rings (SSSR count). The summed E-state index contributed by atoms with van der Waals surface area (Å²) in [5.41, 5.74) is 2.03. The van der Waals surface area contributed by atoms with Gasteiger partial charge in [-0.3, -0.25) is 19.6 Å². The molecule has 0 fully saturated rings. The highest BCUT2D eigenvalue weighted by Gasteiger charge is 2.21. The third kappa shape index (κ3) is 6.18. The lowest BCUT2D eigenvalue weighted by Gasteiger charge is -2.14. The van der Waals surface area contributed by atoms with Crippen molar-refractivity contribution >= 4 is 67.1 Å². The molecule has 4 aromatic rings. The van der Waals surface area contributed by atoms with Crippen molar-refractivity contribution in [3.05, 3.63) is 72.1 Å². The Bertz CT molecular complexity index is 1490. The predicted octanol–water partition coefficient (Wildman–Crippen LogP) is 4.17. The summed E-state index contributed by atoms with van der Waals surface area (Å²) in [7, 11) is 5.41. The number of methoxy groups -OCH3 is 2. The zero-order valence-corrected chi connectivity index (χ0v) is 23.7. The number of esters is 2. The van der Waals surface area contributed by atoms with Crippen LogP contribution in [0.4, 0.5) is 0 Å². The van der Waals surface area contributed by atoms with Crippen LogP contribution in [-0.2, 0) is 19.1 Å². The second-order valence-electron chi connectivity index (χ2n) is 8.62. The smallest absolute Gasteiger partial charge is 0.328 e. The van der Waals surface area contributed by atoms with Crippen molar-refractivity contribution < 1.29 is 28.7 Å². The third-order valence-electron chi connectivity index (χ3n) is 5.98. The molecule has 0 bridgehead atoms. The van der Waals surface area contributed by atoms with E-state index in [1.807, 2.05) is 24.3 Å². The summed E-state index contributed by atoms with van der Waals surface area (Å²) in [4.78, 5) is 60.0. The van der Waals surface area contributed by atoms with Gasteiger partial charge in [0.15, 0.2) is 0 Å². The van der Waals surface area contributed by atoms with E-state index < -0.39 is 35.8 Å². The van der Waals surface area contributed by atoms with Crippen molar-refractivity contribution in [2.24, 2.45) is 0 Å². The van der Waals surface area contributed by atoms with Crippen LogP contribution in [0.2, 0.25) is 0 Å². The number of nitrogens with zero attached hydrogens (tertiary/aromatic N) is 2. The molecule has 206 valence electrons. The van der Waals surface area contributed by atoms with Crippen LogP contribution < -0.4 is 10.6 Å². The maximum atomic E-state index is 12.9. The molecule has 0 aliphatic rings. The maximum absolute atomic E-state index is 12.9. The predicted molar refractivity (Wildman–Crippen MR) is 153 cm³/mol. The van der Waals surface area contributed by atoms with Crippen LogP contribution in [0.3, 0.4) is 0 Å². The average molecular weight is 579 g/mol. The van der Waals surface area contributed by atoms with Gasteiger partial charge in [-0.2, -0.15) is 0 Å². The molecule has 40 heavy (non-hydrogen) atoms. The first kappa shape index (κ1) is 28.8. The average Bonchev–Trinajstić information content (AvgIpc) is 2.98. The van der Waals surface area contributed by atoms with Crippen LogP contribution in [-0.4, -0.2) is 60.0 Å². The number of para-hydroxylation sites is 2. The van der Waals surface area contributed by atoms with Gasteiger partial charge >= 0.3 is 11.9 Å². The van der Waals surface area contributed by atoms with E-state index in [-0.39, 0.29) is 0 Å². The van der Waals surface area contributed by atoms with Gasteiger partial charge in [0, 0.05) is 33.0 Å². The molecule has 2 aromatic heterocycles. The van der Waals surface area contributed by atoms with Gasteiger partial charge in [-0.25, -0.2) is 9.59 Å². The molecule has 0 saturated carbocycles. The van der Waals surface area contributed by atoms with E-state index in [1.54, 1.807) is 50.5 Å². The number of carbonyl (C=O) groups is 4. The van der Waals surface area contributed by atoms with Gasteiger partial charge in [0.25, 0.3) is 11.8 Å². The minimum atomic E-state index is -0.802. The standard InChI is InChI=1S/C28H26N4O6S2/c1-15(27(35)37-3)31-25(33)19-11-13-29-23-17(19)7-5-9-21(23)39-40-22-10-6-8-18-20(12-14-30-24(18)22)26(34)32-16(2)28(36)38-4/h5-16H,1-4H3,(H,31,33)(H,32,34)/t15-,16-/m0/s1. The first-order valence-electron chi connectivity index (χ1n) is 12.1. The fourth-order valence-corrected chi connectivity index (χ4v) is 6.21. The topological polar surface area (TPSA) is 137 Å². The molecule has 0 spiro atoms. The summed E-state index contributed by atoms with van der Waals surface area (Å²) in [5, 5.41) is 6.58. The lowest BCUT2D eigenvalue weighted by Crippen LogP contribution is -2.39. The Morgan fingerprint density at radius 2 is 1.07 bits per heavy atom. The van der Waals surface area contributed by atoms with Crippen LogP contribution >= 0.6 is 21.6 Å². The molecule has 2 atom stereocenters. The van der Waals surface area contributed by atoms with Gasteiger partial charge < -0.3 is 20.1 Å². The molecule has 2 aromatic carbocycles. The Morgan fingerprint density at radius 1 is 0.675 bits per heavy atom. The largest absolute Gasteiger partial charge is 0.467 e. The second kappa shape index (κ2) is 12.8. The zero-order valence-electron chi connectivity index (χ0n) is 22.1. The SMILES string of the molecule is COC(=O)[C@H](C)NC(=O)c1ccnc2c(SSc3cccc4c(C(=O)N[C@@H](C)C(=O)OC)ccnc34)cccc12. The Morgan fingerprint density at radius 3 is 1.45 bits per heavy atom. The minimum absolute atomic E-state index is 0.386. The summed E-state index contributed by atoms with van der Waals surface area (Å²) in [6, 6.07) is 12.7. The normalized spacial score (nSPS) is 12.4. The quantitative estimate of drug-likeness (QED) is 0.220. The molecule has 2 N–H and O–H groups in total. The maximum Gasteiger partial charge on any atom is 0.328 e. The minimum Gasteiger partial charge on any atom is -0.467 e. The Labute approximate surface area is 238 Å². The Hall–Kier alpha value is -4.16. The molecule has 0 saturated heterocycles. The van der Waals surface area contributed by atoms with Crippen molar-refractivity contribution in [2.75, 3.05) is 14.2 Å². The number of benzene rings is 2. The summed E-state index contributed by atoms with van der Waals surface area (Å²) in [5.74, 6) is -1.90. The number of hydrogen-bond donors (Lipinski definition) is 2. The molecule has 10 nitrogen and oxygen atoms in total. The number of ether oxygens (including phenoxy) is 2. The first-order chi connectivity index (χ1) is 19.2. The molecule has 0 unspecified atom stereocenters. The third-order valence-corrected chi connectivity index (χ3v) is 8.41. The number of rotatable bonds is 9. The highest BCUT2D eigenvalue weighted by atomic mass is 33.1. The number of aromatic nitrogens is 2. The van der Waals surface area contributed by atoms with Crippen LogP contribution in [0, 0.1) is 0 Å². The van der Waals surface area contributed by atoms with Gasteiger partial charge in [0.1, 0.15) is 12.1 Å². The van der Waals surface area contributed by atoms with E-state index in [1.165, 1.54) is 35.8 Å². The number of fused-ring (bicyclic) bond motifs is 2. The molecule has 0 radical (unpaired) electrons. The van der Waals surface area contributed by atoms with Crippen molar-refractivity contribution in [1.82, 2.24) is 20.6 Å². The Kier molecular flexibility index (Phi) is 9.22. The molecular weight excluding hydrogens is 552 g/mol. The van der Waals surface area contributed by atoms with Gasteiger partial charge in [0.2, 0.25) is 0 Å². The highest BCUT2D eigenvalue weighted by molar-refractivity contribution is 8.76. The first-order valence-corrected chi connectivity index (χ1v) is 14.3. The summed E-state index contributed by atoms with van der Waals surface area (Å²) < 4.78 is 9.39. The van der Waals surface area contributed by atoms with Crippen LogP contribution in [0.15, 0.2) is 70.7 Å². The molecular formula is C28H26N4O6S2. The molecule has 2 heterocycles. The molecule has 12 heteroatoms. The van der Waals surface area contributed by atoms with Crippen LogP contribution in [0.25, 0.3) is 21.8 Å². The highest BCUT2D eigenvalue weighted by Crippen LogP contribution is 2.42. The van der Waals surface area contributed by atoms with Crippen LogP contribution in [0.1, 0.15) is 34.6 Å². The number of hydrogen-bond acceptors (Lipinski definition) is 10. The number of nitrogens with one attached hydrogen (secondary N) is 2. The summed E-state index contributed by atoms with van der Waals surface area (Å²) in [6.07, 6.45) is 3.10. The van der Waals surface area contributed by atoms with Gasteiger partial charge in [0.05, 0.1) is 36.4 Å². The molecule has 0 aliphatic heterocycles. The van der Waals surface area contributed by atoms with E-state index >= 15 is 0 Å². The summed E-state index contributed by atoms with van der Waals surface area (Å²) in [6.45, 7) is 3.11. The van der Waals surface area contributed by atoms with E-state index in [9.17, 15) is 19.2 Å². The monoisotopic (exact) mass is 578 g/mol. The van der Waals surface area contributed by atoms with Crippen LogP contribution in [0.5, 0.6) is 0 Å². The number of pyridine rings is 2. The lowest BCUT2D eigenvalue weighted by molar-refractivity contribution is -0.143. The lowest BCUT2D eigenvalue weighted by atomic mass is 10.1. The molecule has 0 aliphatic carbocycles. The fraction of sp³-hybridized carbons (Fsp3) is 0.214. The second-order valence-corrected chi connectivity index (χ2v) is 10.8. The van der Waals surface area contributed by atoms with Gasteiger partial charge in [-0.15, -0.1) is 0 Å². The van der Waals surface area contributed by atoms with Gasteiger partial charge in [-0.05, 0) is 38.1 Å². The molecule has 2 amide bonds. The zero-order chi connectivity index (χ0) is 28.8. The number of carbonyl (C=O) groups excluding carboxylic acids is 4. The Balaban J connectivity index is 1.59. The van der Waals surface area contributed by atoms with E-state index in [4.69, 9.17) is 9.47 Å². The summed E-state index contributed by atoms with van der Waals surface area (Å²) >= 11 is 0. The van der Waals surface area contributed by atoms with E-state index in [0.29, 0.717) is 32.9 Å². The van der Waals surface area contributed by atoms with Crippen molar-refractivity contribution in [1.29, 1.82) is 0 Å².